The highest BCUT2D eigenvalue weighted by Gasteiger charge is 2.09. The second-order valence-corrected chi connectivity index (χ2v) is 5.24. The molecule has 1 atom stereocenters. The van der Waals surface area contributed by atoms with Gasteiger partial charge < -0.3 is 9.05 Å². The summed E-state index contributed by atoms with van der Waals surface area (Å²) in [6.45, 7) is 6.01. The quantitative estimate of drug-likeness (QED) is 0.784. The van der Waals surface area contributed by atoms with Crippen LogP contribution in [0.15, 0.2) is 42.5 Å². The van der Waals surface area contributed by atoms with E-state index in [2.05, 4.69) is 0 Å². The molecule has 2 aromatic carbocycles. The lowest BCUT2D eigenvalue weighted by atomic mass is 10.1. The Balaban J connectivity index is 1.95. The van der Waals surface area contributed by atoms with Gasteiger partial charge in [-0.15, -0.1) is 0 Å². The summed E-state index contributed by atoms with van der Waals surface area (Å²) in [4.78, 5) is 11.8. The van der Waals surface area contributed by atoms with Gasteiger partial charge in [0.15, 0.2) is 0 Å². The predicted molar refractivity (Wildman–Crippen MR) is 81.5 cm³/mol. The monoisotopic (exact) mass is 288 g/mol. The minimum absolute atomic E-state index is 0.344. The topological polar surface area (TPSA) is 35.5 Å². The first kappa shape index (κ1) is 14.5. The molecule has 0 bridgehead atoms. The lowest BCUT2D eigenvalue weighted by Gasteiger charge is -2.12. The van der Waals surface area contributed by atoms with E-state index < -0.39 is 0 Å². The van der Waals surface area contributed by atoms with Crippen molar-refractivity contribution in [2.45, 2.75) is 20.8 Å². The van der Waals surface area contributed by atoms with Crippen molar-refractivity contribution in [3.8, 4) is 5.75 Å². The summed E-state index contributed by atoms with van der Waals surface area (Å²) in [6, 6.07) is 13.0. The second-order valence-electron chi connectivity index (χ2n) is 4.67. The van der Waals surface area contributed by atoms with E-state index >= 15 is 0 Å². The minimum Gasteiger partial charge on any atom is -0.440 e. The highest BCUT2D eigenvalue weighted by Crippen LogP contribution is 2.30. The molecular formula is C16H17O3P. The minimum atomic E-state index is -0.369. The van der Waals surface area contributed by atoms with Gasteiger partial charge in [0.25, 0.3) is 9.03 Å². The van der Waals surface area contributed by atoms with Gasteiger partial charge in [0.1, 0.15) is 5.75 Å². The summed E-state index contributed by atoms with van der Waals surface area (Å²) in [5.74, 6) is 0.418. The molecule has 0 heterocycles. The third-order valence-electron chi connectivity index (χ3n) is 2.89. The largest absolute Gasteiger partial charge is 0.440 e. The summed E-state index contributed by atoms with van der Waals surface area (Å²) in [6.07, 6.45) is 0. The maximum atomic E-state index is 11.8. The summed E-state index contributed by atoms with van der Waals surface area (Å²) in [5, 5.41) is 0. The number of carbonyl (C=O) groups excluding carboxylic acids is 1. The van der Waals surface area contributed by atoms with E-state index in [1.54, 1.807) is 24.3 Å². The Morgan fingerprint density at radius 3 is 2.20 bits per heavy atom. The first-order valence-electron chi connectivity index (χ1n) is 6.34. The van der Waals surface area contributed by atoms with Crippen LogP contribution in [-0.4, -0.2) is 5.97 Å². The summed E-state index contributed by atoms with van der Waals surface area (Å²) < 4.78 is 10.7. The number of hydrogen-bond acceptors (Lipinski definition) is 3. The Hall–Kier alpha value is -1.86. The van der Waals surface area contributed by atoms with E-state index in [1.165, 1.54) is 5.56 Å². The molecule has 0 N–H and O–H groups in total. The molecule has 0 saturated carbocycles. The van der Waals surface area contributed by atoms with Crippen LogP contribution in [0.5, 0.6) is 5.75 Å². The summed E-state index contributed by atoms with van der Waals surface area (Å²) in [5.41, 5.74) is 3.81. The Morgan fingerprint density at radius 1 is 1.00 bits per heavy atom. The number of rotatable bonds is 4. The molecule has 0 spiro atoms. The highest BCUT2D eigenvalue weighted by molar-refractivity contribution is 7.27. The highest BCUT2D eigenvalue weighted by atomic mass is 31.1. The molecule has 4 heteroatoms. The van der Waals surface area contributed by atoms with Gasteiger partial charge in [-0.1, -0.05) is 35.9 Å². The molecule has 0 aliphatic carbocycles. The molecule has 0 radical (unpaired) electrons. The van der Waals surface area contributed by atoms with Gasteiger partial charge in [-0.05, 0) is 44.0 Å². The number of benzene rings is 2. The van der Waals surface area contributed by atoms with Crippen molar-refractivity contribution < 1.29 is 13.8 Å². The zero-order chi connectivity index (χ0) is 14.5. The Morgan fingerprint density at radius 2 is 1.60 bits per heavy atom. The maximum Gasteiger partial charge on any atom is 0.343 e. The van der Waals surface area contributed by atoms with Crippen LogP contribution in [0.1, 0.15) is 27.0 Å². The third-order valence-corrected chi connectivity index (χ3v) is 3.45. The standard InChI is InChI=1S/C16H17O3P/c1-11-9-12(2)15(13(3)10-11)18-20-19-16(17)14-7-5-4-6-8-14/h4-10,20H,1-3H3. The average Bonchev–Trinajstić information content (AvgIpc) is 2.42. The fraction of sp³-hybridized carbons (Fsp3) is 0.188. The number of carbonyl (C=O) groups is 1. The van der Waals surface area contributed by atoms with Gasteiger partial charge in [0, 0.05) is 0 Å². The van der Waals surface area contributed by atoms with Crippen molar-refractivity contribution in [2.75, 3.05) is 0 Å². The van der Waals surface area contributed by atoms with E-state index in [4.69, 9.17) is 9.05 Å². The van der Waals surface area contributed by atoms with Gasteiger partial charge in [0.05, 0.1) is 5.56 Å². The van der Waals surface area contributed by atoms with Crippen molar-refractivity contribution in [2.24, 2.45) is 0 Å². The van der Waals surface area contributed by atoms with Crippen LogP contribution in [-0.2, 0) is 4.52 Å². The summed E-state index contributed by atoms with van der Waals surface area (Å²) >= 11 is 0. The smallest absolute Gasteiger partial charge is 0.343 e. The van der Waals surface area contributed by atoms with Crippen LogP contribution < -0.4 is 4.52 Å². The van der Waals surface area contributed by atoms with Crippen LogP contribution in [0, 0.1) is 20.8 Å². The summed E-state index contributed by atoms with van der Waals surface area (Å²) in [7, 11) is -0.344. The van der Waals surface area contributed by atoms with E-state index in [0.29, 0.717) is 5.56 Å². The van der Waals surface area contributed by atoms with Gasteiger partial charge in [-0.3, -0.25) is 0 Å². The van der Waals surface area contributed by atoms with E-state index in [0.717, 1.165) is 16.9 Å². The molecule has 20 heavy (non-hydrogen) atoms. The average molecular weight is 288 g/mol. The Labute approximate surface area is 120 Å². The predicted octanol–water partition coefficient (Wildman–Crippen LogP) is 4.36. The van der Waals surface area contributed by atoms with Gasteiger partial charge in [-0.25, -0.2) is 4.79 Å². The van der Waals surface area contributed by atoms with Crippen molar-refractivity contribution in [3.05, 3.63) is 64.7 Å². The number of aryl methyl sites for hydroxylation is 3. The van der Waals surface area contributed by atoms with Gasteiger partial charge in [-0.2, -0.15) is 0 Å². The van der Waals surface area contributed by atoms with E-state index in [-0.39, 0.29) is 15.0 Å². The van der Waals surface area contributed by atoms with Crippen LogP contribution in [0.4, 0.5) is 0 Å². The molecular weight excluding hydrogens is 271 g/mol. The van der Waals surface area contributed by atoms with Crippen molar-refractivity contribution in [1.82, 2.24) is 0 Å². The fourth-order valence-corrected chi connectivity index (χ4v) is 2.70. The van der Waals surface area contributed by atoms with E-state index in [1.807, 2.05) is 39.0 Å². The zero-order valence-electron chi connectivity index (χ0n) is 11.8. The van der Waals surface area contributed by atoms with Crippen LogP contribution >= 0.6 is 9.03 Å². The molecule has 1 unspecified atom stereocenters. The molecule has 0 aliphatic rings. The molecule has 0 aromatic heterocycles. The van der Waals surface area contributed by atoms with Crippen molar-refractivity contribution in [3.63, 3.8) is 0 Å². The lowest BCUT2D eigenvalue weighted by Crippen LogP contribution is -2.00. The normalized spacial score (nSPS) is 10.8. The molecule has 0 amide bonds. The van der Waals surface area contributed by atoms with Crippen LogP contribution in [0.3, 0.4) is 0 Å². The first-order chi connectivity index (χ1) is 9.58. The molecule has 2 aromatic rings. The molecule has 104 valence electrons. The van der Waals surface area contributed by atoms with Gasteiger partial charge in [0.2, 0.25) is 0 Å². The molecule has 2 rings (SSSR count). The SMILES string of the molecule is Cc1cc(C)c(OPOC(=O)c2ccccc2)c(C)c1. The lowest BCUT2D eigenvalue weighted by molar-refractivity contribution is 0.0749. The number of hydrogen-bond donors (Lipinski definition) is 0. The maximum absolute atomic E-state index is 11.8. The molecule has 0 saturated heterocycles. The van der Waals surface area contributed by atoms with Crippen LogP contribution in [0.25, 0.3) is 0 Å². The first-order valence-corrected chi connectivity index (χ1v) is 7.15. The van der Waals surface area contributed by atoms with Crippen LogP contribution in [0.2, 0.25) is 0 Å². The Bertz CT molecular complexity index is 585. The third kappa shape index (κ3) is 3.58. The Kier molecular flexibility index (Phi) is 4.75. The van der Waals surface area contributed by atoms with E-state index in [9.17, 15) is 4.79 Å². The van der Waals surface area contributed by atoms with Gasteiger partial charge >= 0.3 is 5.97 Å². The molecule has 0 fully saturated rings. The second kappa shape index (κ2) is 6.53. The zero-order valence-corrected chi connectivity index (χ0v) is 12.8. The van der Waals surface area contributed by atoms with Crippen molar-refractivity contribution >= 4 is 15.0 Å². The molecule has 3 nitrogen and oxygen atoms in total. The fourth-order valence-electron chi connectivity index (χ4n) is 2.06. The molecule has 0 aliphatic heterocycles. The van der Waals surface area contributed by atoms with Crippen molar-refractivity contribution in [1.29, 1.82) is 0 Å².